The van der Waals surface area contributed by atoms with Crippen LogP contribution in [0.15, 0.2) is 0 Å². The van der Waals surface area contributed by atoms with Crippen molar-refractivity contribution in [2.24, 2.45) is 34.8 Å². The van der Waals surface area contributed by atoms with Crippen LogP contribution in [-0.2, 0) is 19.1 Å². The number of rotatable bonds is 13. The number of ether oxygens (including phenoxy) is 2. The highest BCUT2D eigenvalue weighted by molar-refractivity contribution is 6.15. The lowest BCUT2D eigenvalue weighted by Gasteiger charge is -2.35. The minimum Gasteiger partial charge on any atom is -0.469 e. The lowest BCUT2D eigenvalue weighted by Crippen LogP contribution is -2.39. The summed E-state index contributed by atoms with van der Waals surface area (Å²) < 4.78 is 11.9. The van der Waals surface area contributed by atoms with Gasteiger partial charge in [-0.05, 0) is 62.6 Å². The van der Waals surface area contributed by atoms with Crippen LogP contribution >= 0.6 is 0 Å². The predicted octanol–water partition coefficient (Wildman–Crippen LogP) is 3.73. The monoisotopic (exact) mass is 451 g/mol. The van der Waals surface area contributed by atoms with Crippen molar-refractivity contribution in [3.8, 4) is 0 Å². The molecule has 0 amide bonds. The summed E-state index contributed by atoms with van der Waals surface area (Å²) >= 11 is 0. The van der Waals surface area contributed by atoms with Crippen molar-refractivity contribution < 1.29 is 19.1 Å². The van der Waals surface area contributed by atoms with Crippen LogP contribution in [0.2, 0.25) is 5.82 Å². The number of hydrogen-bond acceptors (Lipinski definition) is 5. The van der Waals surface area contributed by atoms with E-state index in [0.717, 1.165) is 12.8 Å². The molecular weight excluding hydrogens is 400 g/mol. The van der Waals surface area contributed by atoms with Gasteiger partial charge >= 0.3 is 11.9 Å². The number of esters is 2. The van der Waals surface area contributed by atoms with Gasteiger partial charge in [-0.1, -0.05) is 55.4 Å². The molecule has 0 aliphatic carbocycles. The van der Waals surface area contributed by atoms with Gasteiger partial charge in [0.2, 0.25) is 0 Å². The molecule has 0 aromatic rings. The van der Waals surface area contributed by atoms with E-state index in [1.165, 1.54) is 0 Å². The van der Waals surface area contributed by atoms with Crippen LogP contribution in [0.3, 0.4) is 0 Å². The molecule has 0 aromatic heterocycles. The molecule has 0 saturated heterocycles. The second kappa shape index (κ2) is 13.1. The molecule has 0 heterocycles. The van der Waals surface area contributed by atoms with Gasteiger partial charge in [0.05, 0.1) is 17.3 Å². The van der Waals surface area contributed by atoms with Crippen LogP contribution in [0.5, 0.6) is 0 Å². The Labute approximate surface area is 200 Å². The van der Waals surface area contributed by atoms with Crippen LogP contribution in [0.1, 0.15) is 94.9 Å². The zero-order valence-electron chi connectivity index (χ0n) is 23.1. The molecule has 0 aromatic carbocycles. The minimum atomic E-state index is -0.516. The number of nitrogens with two attached hydrogens (primary N) is 1. The maximum Gasteiger partial charge on any atom is 0.308 e. The molecule has 0 aliphatic rings. The van der Waals surface area contributed by atoms with Crippen molar-refractivity contribution >= 4 is 27.6 Å². The normalized spacial score (nSPS) is 19.9. The van der Waals surface area contributed by atoms with E-state index in [9.17, 15) is 9.59 Å². The fourth-order valence-electron chi connectivity index (χ4n) is 5.05. The fourth-order valence-corrected chi connectivity index (χ4v) is 5.05. The topological polar surface area (TPSA) is 78.6 Å². The summed E-state index contributed by atoms with van der Waals surface area (Å²) in [7, 11) is 4.05. The van der Waals surface area contributed by atoms with E-state index in [0.29, 0.717) is 18.8 Å². The molecule has 7 atom stereocenters. The van der Waals surface area contributed by atoms with E-state index in [-0.39, 0.29) is 53.1 Å². The lowest BCUT2D eigenvalue weighted by atomic mass is 9.70. The van der Waals surface area contributed by atoms with E-state index in [4.69, 9.17) is 15.2 Å². The Balaban J connectivity index is 5.27. The first-order valence-corrected chi connectivity index (χ1v) is 12.5. The van der Waals surface area contributed by atoms with Crippen LogP contribution in [0.4, 0.5) is 0 Å². The number of carbonyl (C=O) groups is 2. The van der Waals surface area contributed by atoms with Gasteiger partial charge in [0.1, 0.15) is 14.0 Å². The molecule has 0 bridgehead atoms. The minimum absolute atomic E-state index is 0.0449. The molecule has 0 rings (SSSR count). The van der Waals surface area contributed by atoms with E-state index < -0.39 is 5.50 Å². The highest BCUT2D eigenvalue weighted by Crippen LogP contribution is 2.33. The SMILES string of the molecule is BC(CC(C)C(=O)OC(B)(C)CC(C)(C)C)C(OC(=O)C(C)CC(C)N)C(C)CC(C)C. The molecule has 0 spiro atoms. The molecule has 0 radical (unpaired) electrons. The molecule has 7 unspecified atom stereocenters. The smallest absolute Gasteiger partial charge is 0.308 e. The summed E-state index contributed by atoms with van der Waals surface area (Å²) in [6.07, 6.45) is 2.73. The molecule has 2 N–H and O–H groups in total. The van der Waals surface area contributed by atoms with Crippen LogP contribution in [-0.4, -0.2) is 45.3 Å². The van der Waals surface area contributed by atoms with Gasteiger partial charge in [-0.25, -0.2) is 0 Å². The second-order valence-corrected chi connectivity index (χ2v) is 12.7. The Kier molecular flexibility index (Phi) is 12.7. The Morgan fingerprint density at radius 3 is 1.81 bits per heavy atom. The summed E-state index contributed by atoms with van der Waals surface area (Å²) in [5.74, 6) is -0.134. The van der Waals surface area contributed by atoms with E-state index in [2.05, 4.69) is 49.4 Å². The van der Waals surface area contributed by atoms with Gasteiger partial charge in [0.15, 0.2) is 7.85 Å². The standard InChI is InChI=1S/C25H51B2NO4/c1-15(2)11-16(3)21(31-22(29)17(4)12-19(6)28)20(26)13-18(5)23(30)32-25(10,27)14-24(7,8)9/h15-21H,11-14,26-28H2,1-10H3. The van der Waals surface area contributed by atoms with Gasteiger partial charge in [-0.15, -0.1) is 0 Å². The van der Waals surface area contributed by atoms with Gasteiger partial charge in [0.25, 0.3) is 0 Å². The van der Waals surface area contributed by atoms with Crippen molar-refractivity contribution in [1.29, 1.82) is 0 Å². The first-order valence-electron chi connectivity index (χ1n) is 12.5. The van der Waals surface area contributed by atoms with E-state index in [1.54, 1.807) is 0 Å². The van der Waals surface area contributed by atoms with Crippen LogP contribution in [0, 0.1) is 29.1 Å². The Morgan fingerprint density at radius 1 is 0.875 bits per heavy atom. The molecular formula is C25H51B2NO4. The van der Waals surface area contributed by atoms with Crippen molar-refractivity contribution in [3.63, 3.8) is 0 Å². The van der Waals surface area contributed by atoms with Crippen LogP contribution < -0.4 is 5.73 Å². The number of hydrogen-bond donors (Lipinski definition) is 1. The summed E-state index contributed by atoms with van der Waals surface area (Å²) in [5, 5.41) is 0. The Bertz CT molecular complexity index is 587. The molecule has 32 heavy (non-hydrogen) atoms. The third-order valence-electron chi connectivity index (χ3n) is 5.81. The third kappa shape index (κ3) is 12.9. The summed E-state index contributed by atoms with van der Waals surface area (Å²) in [6.45, 7) is 20.6. The van der Waals surface area contributed by atoms with Gasteiger partial charge < -0.3 is 15.2 Å². The Morgan fingerprint density at radius 2 is 1.38 bits per heavy atom. The maximum absolute atomic E-state index is 12.9. The molecule has 7 heteroatoms. The maximum atomic E-state index is 12.9. The summed E-state index contributed by atoms with van der Waals surface area (Å²) in [5.41, 5.74) is 5.43. The quantitative estimate of drug-likeness (QED) is 0.341. The zero-order valence-corrected chi connectivity index (χ0v) is 23.1. The molecule has 0 aliphatic heterocycles. The summed E-state index contributed by atoms with van der Waals surface area (Å²) in [6, 6.07) is -0.0484. The van der Waals surface area contributed by atoms with Crippen molar-refractivity contribution in [2.45, 2.75) is 118 Å². The van der Waals surface area contributed by atoms with Gasteiger partial charge in [-0.3, -0.25) is 9.59 Å². The molecule has 0 fully saturated rings. The van der Waals surface area contributed by atoms with Crippen molar-refractivity contribution in [1.82, 2.24) is 0 Å². The highest BCUT2D eigenvalue weighted by atomic mass is 16.6. The largest absolute Gasteiger partial charge is 0.469 e. The highest BCUT2D eigenvalue weighted by Gasteiger charge is 2.34. The molecule has 5 nitrogen and oxygen atoms in total. The number of carbonyl (C=O) groups excluding carboxylic acids is 2. The zero-order chi connectivity index (χ0) is 25.4. The lowest BCUT2D eigenvalue weighted by molar-refractivity contribution is -0.159. The molecule has 0 saturated carbocycles. The van der Waals surface area contributed by atoms with Crippen molar-refractivity contribution in [2.75, 3.05) is 0 Å². The third-order valence-corrected chi connectivity index (χ3v) is 5.81. The van der Waals surface area contributed by atoms with Gasteiger partial charge in [0, 0.05) is 6.04 Å². The average Bonchev–Trinajstić information content (AvgIpc) is 2.54. The van der Waals surface area contributed by atoms with Crippen LogP contribution in [0.25, 0.3) is 0 Å². The van der Waals surface area contributed by atoms with E-state index >= 15 is 0 Å². The fraction of sp³-hybridized carbons (Fsp3) is 0.920. The van der Waals surface area contributed by atoms with Crippen molar-refractivity contribution in [3.05, 3.63) is 0 Å². The summed E-state index contributed by atoms with van der Waals surface area (Å²) in [4.78, 5) is 25.6. The van der Waals surface area contributed by atoms with E-state index in [1.807, 2.05) is 35.5 Å². The Hall–Kier alpha value is -0.970. The predicted molar refractivity (Wildman–Crippen MR) is 139 cm³/mol. The first kappa shape index (κ1) is 31.0. The first-order chi connectivity index (χ1) is 14.3. The van der Waals surface area contributed by atoms with Gasteiger partial charge in [-0.2, -0.15) is 0 Å². The molecule has 186 valence electrons. The average molecular weight is 451 g/mol. The second-order valence-electron chi connectivity index (χ2n) is 12.7.